The fraction of sp³-hybridized carbons (Fsp3) is 0.417. The van der Waals surface area contributed by atoms with Crippen molar-refractivity contribution in [2.75, 3.05) is 13.6 Å². The number of alkyl halides is 6. The van der Waals surface area contributed by atoms with Gasteiger partial charge in [-0.1, -0.05) is 6.07 Å². The van der Waals surface area contributed by atoms with Crippen LogP contribution in [0.2, 0.25) is 0 Å². The van der Waals surface area contributed by atoms with E-state index in [0.717, 1.165) is 4.90 Å². The van der Waals surface area contributed by atoms with Crippen LogP contribution in [0.1, 0.15) is 59.7 Å². The van der Waals surface area contributed by atoms with Crippen LogP contribution in [0.5, 0.6) is 0 Å². The van der Waals surface area contributed by atoms with Gasteiger partial charge in [-0.25, -0.2) is 9.18 Å². The summed E-state index contributed by atoms with van der Waals surface area (Å²) in [6.07, 6.45) is -10.0. The van der Waals surface area contributed by atoms with Gasteiger partial charge in [0.1, 0.15) is 11.6 Å². The van der Waals surface area contributed by atoms with Crippen LogP contribution in [0.15, 0.2) is 36.4 Å². The number of urea groups is 1. The molecule has 1 fully saturated rings. The van der Waals surface area contributed by atoms with Gasteiger partial charge in [0, 0.05) is 26.4 Å². The quantitative estimate of drug-likeness (QED) is 0.437. The van der Waals surface area contributed by atoms with Crippen molar-refractivity contribution in [1.82, 2.24) is 9.80 Å². The van der Waals surface area contributed by atoms with Gasteiger partial charge in [-0.2, -0.15) is 26.3 Å². The Labute approximate surface area is 197 Å². The highest BCUT2D eigenvalue weighted by Crippen LogP contribution is 2.39. The molecule has 190 valence electrons. The number of Topliss-reactive ketones (excluding diaryl/α,β-unsaturated/α-hetero) is 1. The third kappa shape index (κ3) is 5.76. The number of likely N-dealkylation sites (tertiary alicyclic amines) is 1. The molecule has 2 amide bonds. The van der Waals surface area contributed by atoms with E-state index in [2.05, 4.69) is 0 Å². The Balaban J connectivity index is 1.96. The summed E-state index contributed by atoms with van der Waals surface area (Å²) in [6, 6.07) is 2.54. The van der Waals surface area contributed by atoms with Gasteiger partial charge in [-0.15, -0.1) is 0 Å². The Kier molecular flexibility index (Phi) is 7.19. The minimum absolute atomic E-state index is 0.00655. The highest BCUT2D eigenvalue weighted by Gasteiger charge is 2.39. The zero-order valence-corrected chi connectivity index (χ0v) is 19.1. The molecule has 0 spiro atoms. The Morgan fingerprint density at radius 2 is 1.60 bits per heavy atom. The van der Waals surface area contributed by atoms with Gasteiger partial charge in [0.2, 0.25) is 0 Å². The fourth-order valence-corrected chi connectivity index (χ4v) is 4.16. The Morgan fingerprint density at radius 1 is 1.03 bits per heavy atom. The molecule has 0 radical (unpaired) electrons. The maximum Gasteiger partial charge on any atom is 0.416 e. The van der Waals surface area contributed by atoms with Crippen molar-refractivity contribution in [2.24, 2.45) is 0 Å². The number of amides is 2. The molecule has 1 aliphatic rings. The van der Waals surface area contributed by atoms with E-state index < -0.39 is 47.4 Å². The van der Waals surface area contributed by atoms with E-state index in [1.807, 2.05) is 0 Å². The average Bonchev–Trinajstić information content (AvgIpc) is 2.76. The molecule has 0 bridgehead atoms. The Bertz CT molecular complexity index is 1100. The third-order valence-corrected chi connectivity index (χ3v) is 6.24. The second-order valence-electron chi connectivity index (χ2n) is 8.61. The van der Waals surface area contributed by atoms with Crippen LogP contribution in [0, 0.1) is 12.7 Å². The van der Waals surface area contributed by atoms with Gasteiger partial charge >= 0.3 is 18.4 Å². The SMILES string of the molecule is Cc1cc(F)ccc1[C@@H]1CC(=O)CCN1C(=O)N(C)[C@@H](C)c1cc(C(F)(F)F)cc(C(F)(F)F)c1. The third-order valence-electron chi connectivity index (χ3n) is 6.24. The largest absolute Gasteiger partial charge is 0.416 e. The van der Waals surface area contributed by atoms with E-state index in [-0.39, 0.29) is 36.8 Å². The molecule has 2 atom stereocenters. The molecule has 11 heteroatoms. The zero-order chi connectivity index (χ0) is 26.3. The van der Waals surface area contributed by atoms with Crippen molar-refractivity contribution >= 4 is 11.8 Å². The van der Waals surface area contributed by atoms with E-state index in [4.69, 9.17) is 0 Å². The molecular weight excluding hydrogens is 481 g/mol. The molecule has 2 aromatic rings. The highest BCUT2D eigenvalue weighted by atomic mass is 19.4. The lowest BCUT2D eigenvalue weighted by atomic mass is 9.91. The number of hydrogen-bond donors (Lipinski definition) is 0. The molecule has 0 unspecified atom stereocenters. The van der Waals surface area contributed by atoms with Crippen LogP contribution in [0.3, 0.4) is 0 Å². The van der Waals surface area contributed by atoms with Crippen molar-refractivity contribution in [1.29, 1.82) is 0 Å². The normalized spacial score (nSPS) is 17.9. The van der Waals surface area contributed by atoms with Crippen LogP contribution in [-0.2, 0) is 17.1 Å². The van der Waals surface area contributed by atoms with Gasteiger partial charge in [0.15, 0.2) is 0 Å². The van der Waals surface area contributed by atoms with E-state index in [1.165, 1.54) is 37.1 Å². The summed E-state index contributed by atoms with van der Waals surface area (Å²) in [5, 5.41) is 0. The van der Waals surface area contributed by atoms with E-state index in [9.17, 15) is 40.3 Å². The lowest BCUT2D eigenvalue weighted by Crippen LogP contribution is -2.48. The molecule has 0 N–H and O–H groups in total. The van der Waals surface area contributed by atoms with Crippen molar-refractivity contribution in [3.05, 3.63) is 70.0 Å². The molecular formula is C24H23F7N2O2. The van der Waals surface area contributed by atoms with Crippen LogP contribution < -0.4 is 0 Å². The predicted molar refractivity (Wildman–Crippen MR) is 113 cm³/mol. The molecule has 1 heterocycles. The fourth-order valence-electron chi connectivity index (χ4n) is 4.16. The molecule has 4 nitrogen and oxygen atoms in total. The van der Waals surface area contributed by atoms with E-state index in [0.29, 0.717) is 23.3 Å². The molecule has 2 aromatic carbocycles. The second kappa shape index (κ2) is 9.50. The Morgan fingerprint density at radius 3 is 2.11 bits per heavy atom. The number of rotatable bonds is 3. The number of hydrogen-bond acceptors (Lipinski definition) is 2. The summed E-state index contributed by atoms with van der Waals surface area (Å²) in [5.74, 6) is -0.617. The molecule has 35 heavy (non-hydrogen) atoms. The van der Waals surface area contributed by atoms with Crippen LogP contribution in [-0.4, -0.2) is 35.2 Å². The number of benzene rings is 2. The van der Waals surface area contributed by atoms with Crippen LogP contribution in [0.4, 0.5) is 35.5 Å². The van der Waals surface area contributed by atoms with Crippen molar-refractivity contribution < 1.29 is 40.3 Å². The average molecular weight is 504 g/mol. The first-order valence-electron chi connectivity index (χ1n) is 10.7. The first-order valence-corrected chi connectivity index (χ1v) is 10.7. The lowest BCUT2D eigenvalue weighted by molar-refractivity contribution is -0.143. The Hall–Kier alpha value is -3.11. The number of carbonyl (C=O) groups is 2. The van der Waals surface area contributed by atoms with Crippen LogP contribution in [0.25, 0.3) is 0 Å². The first-order chi connectivity index (χ1) is 16.1. The van der Waals surface area contributed by atoms with Gasteiger partial charge in [-0.3, -0.25) is 4.79 Å². The summed E-state index contributed by atoms with van der Waals surface area (Å²) >= 11 is 0. The predicted octanol–water partition coefficient (Wildman–Crippen LogP) is 6.69. The summed E-state index contributed by atoms with van der Waals surface area (Å²) in [5.41, 5.74) is -2.25. The summed E-state index contributed by atoms with van der Waals surface area (Å²) in [6.45, 7) is 2.95. The first kappa shape index (κ1) is 26.5. The number of piperidine rings is 1. The maximum atomic E-state index is 13.6. The second-order valence-corrected chi connectivity index (χ2v) is 8.61. The highest BCUT2D eigenvalue weighted by molar-refractivity contribution is 5.84. The molecule has 1 aliphatic heterocycles. The molecule has 1 saturated heterocycles. The van der Waals surface area contributed by atoms with Crippen molar-refractivity contribution in [3.8, 4) is 0 Å². The number of nitrogens with zero attached hydrogens (tertiary/aromatic N) is 2. The zero-order valence-electron chi connectivity index (χ0n) is 19.1. The minimum atomic E-state index is -5.02. The summed E-state index contributed by atoms with van der Waals surface area (Å²) < 4.78 is 93.2. The molecule has 0 saturated carbocycles. The van der Waals surface area contributed by atoms with Gasteiger partial charge in [0.05, 0.1) is 23.2 Å². The number of carbonyl (C=O) groups excluding carboxylic acids is 2. The number of aryl methyl sites for hydroxylation is 1. The molecule has 0 aromatic heterocycles. The molecule has 0 aliphatic carbocycles. The minimum Gasteiger partial charge on any atom is -0.321 e. The van der Waals surface area contributed by atoms with E-state index in [1.54, 1.807) is 6.92 Å². The summed E-state index contributed by atoms with van der Waals surface area (Å²) in [7, 11) is 1.27. The topological polar surface area (TPSA) is 40.6 Å². The van der Waals surface area contributed by atoms with Gasteiger partial charge < -0.3 is 9.80 Å². The number of ketones is 1. The van der Waals surface area contributed by atoms with Crippen molar-refractivity contribution in [3.63, 3.8) is 0 Å². The smallest absolute Gasteiger partial charge is 0.321 e. The maximum absolute atomic E-state index is 13.6. The van der Waals surface area contributed by atoms with Crippen molar-refractivity contribution in [2.45, 2.75) is 51.1 Å². The monoisotopic (exact) mass is 504 g/mol. The summed E-state index contributed by atoms with van der Waals surface area (Å²) in [4.78, 5) is 27.9. The van der Waals surface area contributed by atoms with Crippen LogP contribution >= 0.6 is 0 Å². The lowest BCUT2D eigenvalue weighted by Gasteiger charge is -2.40. The van der Waals surface area contributed by atoms with E-state index >= 15 is 0 Å². The van der Waals surface area contributed by atoms with Gasteiger partial charge in [-0.05, 0) is 60.9 Å². The molecule has 3 rings (SSSR count). The number of halogens is 7. The standard InChI is InChI=1S/C24H23F7N2O2/c1-13-8-18(25)4-5-20(13)21-12-19(34)6-7-33(21)22(35)32(3)14(2)15-9-16(23(26,27)28)11-17(10-15)24(29,30)31/h4-5,8-11,14,21H,6-7,12H2,1-3H3/t14-,21-/m0/s1. The van der Waals surface area contributed by atoms with Gasteiger partial charge in [0.25, 0.3) is 0 Å².